The molecule has 3 aromatic carbocycles. The highest BCUT2D eigenvalue weighted by molar-refractivity contribution is 7.73. The first-order valence-electron chi connectivity index (χ1n) is 7.35. The highest BCUT2D eigenvalue weighted by Gasteiger charge is 2.12. The lowest BCUT2D eigenvalue weighted by atomic mass is 10.2. The molecule has 2 heteroatoms. The third kappa shape index (κ3) is 4.51. The van der Waals surface area contributed by atoms with Crippen LogP contribution in [0.3, 0.4) is 0 Å². The van der Waals surface area contributed by atoms with E-state index < -0.39 is 0 Å². The summed E-state index contributed by atoms with van der Waals surface area (Å²) in [6.45, 7) is 0. The Hall–Kier alpha value is -1.48. The molecule has 1 atom stereocenters. The van der Waals surface area contributed by atoms with Gasteiger partial charge in [-0.25, -0.2) is 0 Å². The lowest BCUT2D eigenvalue weighted by molar-refractivity contribution is 1.15. The molecule has 0 radical (unpaired) electrons. The van der Waals surface area contributed by atoms with E-state index in [1.54, 1.807) is 0 Å². The van der Waals surface area contributed by atoms with Crippen molar-refractivity contribution in [1.82, 2.24) is 0 Å². The largest absolute Gasteiger partial charge is 0.153 e. The Bertz CT molecular complexity index is 612. The molecule has 0 saturated carbocycles. The third-order valence-corrected chi connectivity index (χ3v) is 6.12. The van der Waals surface area contributed by atoms with Gasteiger partial charge in [0.15, 0.2) is 0 Å². The molecule has 3 aromatic rings. The van der Waals surface area contributed by atoms with Crippen LogP contribution in [0.15, 0.2) is 91.0 Å². The fourth-order valence-electron chi connectivity index (χ4n) is 2.51. The van der Waals surface area contributed by atoms with Gasteiger partial charge < -0.3 is 0 Å². The Kier molecular flexibility index (Phi) is 6.78. The minimum absolute atomic E-state index is 0. The summed E-state index contributed by atoms with van der Waals surface area (Å²) in [5, 5.41) is 2.93. The first kappa shape index (κ1) is 16.9. The van der Waals surface area contributed by atoms with Crippen molar-refractivity contribution < 1.29 is 0 Å². The average Bonchev–Trinajstić information content (AvgIpc) is 2.58. The van der Waals surface area contributed by atoms with Gasteiger partial charge in [-0.05, 0) is 36.7 Å². The molecule has 0 aliphatic carbocycles. The molecule has 0 aliphatic rings. The summed E-state index contributed by atoms with van der Waals surface area (Å²) in [7, 11) is -0.275. The van der Waals surface area contributed by atoms with Gasteiger partial charge in [-0.15, -0.1) is 0 Å². The van der Waals surface area contributed by atoms with Gasteiger partial charge in [0.05, 0.1) is 0 Å². The SMILES string of the molecule is P.c1ccc(CCP(c2ccccc2)c2ccccc2)cc1. The van der Waals surface area contributed by atoms with E-state index in [0.29, 0.717) is 0 Å². The van der Waals surface area contributed by atoms with Crippen LogP contribution in [0.1, 0.15) is 5.56 Å². The lowest BCUT2D eigenvalue weighted by Crippen LogP contribution is -2.14. The van der Waals surface area contributed by atoms with Gasteiger partial charge >= 0.3 is 0 Å². The molecule has 0 spiro atoms. The second kappa shape index (κ2) is 8.84. The van der Waals surface area contributed by atoms with Crippen LogP contribution in [-0.4, -0.2) is 6.16 Å². The van der Waals surface area contributed by atoms with E-state index in [1.165, 1.54) is 22.3 Å². The van der Waals surface area contributed by atoms with Gasteiger partial charge in [0.1, 0.15) is 0 Å². The molecule has 0 aliphatic heterocycles. The summed E-state index contributed by atoms with van der Waals surface area (Å²) >= 11 is 0. The van der Waals surface area contributed by atoms with Crippen LogP contribution in [0.5, 0.6) is 0 Å². The predicted molar refractivity (Wildman–Crippen MR) is 105 cm³/mol. The number of hydrogen-bond donors (Lipinski definition) is 0. The number of benzene rings is 3. The zero-order chi connectivity index (χ0) is 14.3. The maximum atomic E-state index is 2.27. The zero-order valence-corrected chi connectivity index (χ0v) is 15.0. The second-order valence-electron chi connectivity index (χ2n) is 5.06. The molecule has 0 nitrogen and oxygen atoms in total. The first-order valence-corrected chi connectivity index (χ1v) is 8.88. The van der Waals surface area contributed by atoms with Gasteiger partial charge in [-0.3, -0.25) is 0 Å². The number of rotatable bonds is 5. The van der Waals surface area contributed by atoms with E-state index in [0.717, 1.165) is 6.42 Å². The van der Waals surface area contributed by atoms with Crippen LogP contribution >= 0.6 is 17.8 Å². The van der Waals surface area contributed by atoms with E-state index in [4.69, 9.17) is 0 Å². The molecule has 0 bridgehead atoms. The lowest BCUT2D eigenvalue weighted by Gasteiger charge is -2.18. The Morgan fingerprint density at radius 1 is 0.545 bits per heavy atom. The molecule has 1 unspecified atom stereocenters. The smallest absolute Gasteiger partial charge is 0.0195 e. The van der Waals surface area contributed by atoms with Crippen LogP contribution in [0.25, 0.3) is 0 Å². The molecular weight excluding hydrogens is 302 g/mol. The van der Waals surface area contributed by atoms with Crippen molar-refractivity contribution in [3.05, 3.63) is 96.6 Å². The average molecular weight is 324 g/mol. The molecule has 112 valence electrons. The van der Waals surface area contributed by atoms with E-state index >= 15 is 0 Å². The van der Waals surface area contributed by atoms with Crippen molar-refractivity contribution in [3.63, 3.8) is 0 Å². The minimum atomic E-state index is -0.275. The van der Waals surface area contributed by atoms with Crippen molar-refractivity contribution in [2.24, 2.45) is 0 Å². The Morgan fingerprint density at radius 3 is 1.41 bits per heavy atom. The Labute approximate surface area is 138 Å². The van der Waals surface area contributed by atoms with E-state index in [1.807, 2.05) is 0 Å². The van der Waals surface area contributed by atoms with Crippen molar-refractivity contribution in [1.29, 1.82) is 0 Å². The van der Waals surface area contributed by atoms with Crippen molar-refractivity contribution in [2.75, 3.05) is 6.16 Å². The summed E-state index contributed by atoms with van der Waals surface area (Å²) < 4.78 is 0. The topological polar surface area (TPSA) is 0 Å². The molecule has 3 rings (SSSR count). The van der Waals surface area contributed by atoms with Crippen LogP contribution in [0.4, 0.5) is 0 Å². The number of hydrogen-bond acceptors (Lipinski definition) is 0. The standard InChI is InChI=1S/C20H19P.H3P/c1-4-10-18(11-5-1)16-17-21(19-12-6-2-7-13-19)20-14-8-3-9-15-20;/h1-15H,16-17H2;1H3. The van der Waals surface area contributed by atoms with Gasteiger partial charge in [-0.1, -0.05) is 91.0 Å². The maximum Gasteiger partial charge on any atom is -0.0195 e. The summed E-state index contributed by atoms with van der Waals surface area (Å²) in [6.07, 6.45) is 2.34. The molecule has 0 fully saturated rings. The quantitative estimate of drug-likeness (QED) is 0.610. The minimum Gasteiger partial charge on any atom is -0.153 e. The van der Waals surface area contributed by atoms with Crippen LogP contribution < -0.4 is 10.6 Å². The van der Waals surface area contributed by atoms with Gasteiger partial charge in [0, 0.05) is 0 Å². The predicted octanol–water partition coefficient (Wildman–Crippen LogP) is 4.42. The van der Waals surface area contributed by atoms with Crippen molar-refractivity contribution >= 4 is 28.4 Å². The normalized spacial score (nSPS) is 10.2. The Morgan fingerprint density at radius 2 is 0.955 bits per heavy atom. The molecule has 0 aromatic heterocycles. The molecular formula is C20H22P2. The van der Waals surface area contributed by atoms with Crippen molar-refractivity contribution in [2.45, 2.75) is 6.42 Å². The van der Waals surface area contributed by atoms with E-state index in [-0.39, 0.29) is 17.8 Å². The number of aryl methyl sites for hydroxylation is 1. The zero-order valence-electron chi connectivity index (χ0n) is 12.7. The molecule has 0 amide bonds. The summed E-state index contributed by atoms with van der Waals surface area (Å²) in [5.74, 6) is 0. The second-order valence-corrected chi connectivity index (χ2v) is 7.39. The Balaban J connectivity index is 0.00000176. The summed E-state index contributed by atoms with van der Waals surface area (Å²) in [6, 6.07) is 32.6. The fourth-order valence-corrected chi connectivity index (χ4v) is 4.87. The van der Waals surface area contributed by atoms with Gasteiger partial charge in [0.2, 0.25) is 0 Å². The van der Waals surface area contributed by atoms with Crippen molar-refractivity contribution in [3.8, 4) is 0 Å². The summed E-state index contributed by atoms with van der Waals surface area (Å²) in [5.41, 5.74) is 1.43. The van der Waals surface area contributed by atoms with E-state index in [2.05, 4.69) is 91.0 Å². The fraction of sp³-hybridized carbons (Fsp3) is 0.100. The molecule has 0 heterocycles. The van der Waals surface area contributed by atoms with E-state index in [9.17, 15) is 0 Å². The molecule has 22 heavy (non-hydrogen) atoms. The monoisotopic (exact) mass is 324 g/mol. The third-order valence-electron chi connectivity index (χ3n) is 3.60. The van der Waals surface area contributed by atoms with Gasteiger partial charge in [-0.2, -0.15) is 9.90 Å². The summed E-state index contributed by atoms with van der Waals surface area (Å²) in [4.78, 5) is 0. The highest BCUT2D eigenvalue weighted by atomic mass is 31.1. The van der Waals surface area contributed by atoms with Crippen LogP contribution in [0.2, 0.25) is 0 Å². The maximum absolute atomic E-state index is 2.27. The van der Waals surface area contributed by atoms with Crippen LogP contribution in [-0.2, 0) is 6.42 Å². The molecule has 0 N–H and O–H groups in total. The van der Waals surface area contributed by atoms with Gasteiger partial charge in [0.25, 0.3) is 0 Å². The first-order chi connectivity index (χ1) is 10.4. The van der Waals surface area contributed by atoms with Crippen LogP contribution in [0, 0.1) is 0 Å². The molecule has 0 saturated heterocycles. The highest BCUT2D eigenvalue weighted by Crippen LogP contribution is 2.34.